The number of ether oxygens (including phenoxy) is 1. The maximum atomic E-state index is 12.3. The number of rotatable bonds is 4. The first-order valence-corrected chi connectivity index (χ1v) is 6.51. The van der Waals surface area contributed by atoms with Gasteiger partial charge in [-0.3, -0.25) is 0 Å². The van der Waals surface area contributed by atoms with Gasteiger partial charge in [-0.05, 0) is 36.4 Å². The van der Waals surface area contributed by atoms with Crippen molar-refractivity contribution in [1.29, 1.82) is 0 Å². The Balaban J connectivity index is 2.06. The second-order valence-electron chi connectivity index (χ2n) is 4.51. The molecule has 0 fully saturated rings. The van der Waals surface area contributed by atoms with E-state index in [0.29, 0.717) is 0 Å². The zero-order chi connectivity index (χ0) is 17.7. The van der Waals surface area contributed by atoms with Gasteiger partial charge in [0.15, 0.2) is 5.75 Å². The quantitative estimate of drug-likeness (QED) is 0.787. The van der Waals surface area contributed by atoms with Gasteiger partial charge in [0.2, 0.25) is 0 Å². The van der Waals surface area contributed by atoms with E-state index in [1.165, 1.54) is 42.5 Å². The number of para-hydroxylation sites is 2. The Kier molecular flexibility index (Phi) is 4.93. The van der Waals surface area contributed by atoms with Gasteiger partial charge in [-0.25, -0.2) is 9.59 Å². The number of anilines is 2. The molecule has 0 aliphatic heterocycles. The van der Waals surface area contributed by atoms with Gasteiger partial charge >= 0.3 is 18.4 Å². The zero-order valence-electron chi connectivity index (χ0n) is 11.9. The molecular weight excluding hydrogens is 329 g/mol. The fraction of sp³-hybridized carbons (Fsp3) is 0.0667. The molecule has 0 bridgehead atoms. The molecule has 0 aliphatic rings. The minimum absolute atomic E-state index is 0.0323. The highest BCUT2D eigenvalue weighted by molar-refractivity contribution is 6.01. The van der Waals surface area contributed by atoms with Crippen LogP contribution in [-0.4, -0.2) is 23.5 Å². The van der Waals surface area contributed by atoms with Crippen LogP contribution in [0.1, 0.15) is 10.4 Å². The standard InChI is InChI=1S/C15H11F3N2O4/c16-15(17,18)24-12-4-2-1-3-11(12)20-14(23)19-10-7-5-9(6-8-10)13(21)22/h1-8H,(H,21,22)(H2,19,20,23). The van der Waals surface area contributed by atoms with E-state index < -0.39 is 24.1 Å². The van der Waals surface area contributed by atoms with Gasteiger partial charge in [0.25, 0.3) is 0 Å². The molecule has 0 aromatic heterocycles. The summed E-state index contributed by atoms with van der Waals surface area (Å²) in [5.41, 5.74) is 0.131. The number of carbonyl (C=O) groups is 2. The topological polar surface area (TPSA) is 87.7 Å². The summed E-state index contributed by atoms with van der Waals surface area (Å²) >= 11 is 0. The van der Waals surface area contributed by atoms with Gasteiger partial charge in [0.1, 0.15) is 0 Å². The minimum Gasteiger partial charge on any atom is -0.478 e. The van der Waals surface area contributed by atoms with Crippen LogP contribution in [0.15, 0.2) is 48.5 Å². The number of carboxylic acids is 1. The van der Waals surface area contributed by atoms with Gasteiger partial charge in [-0.2, -0.15) is 0 Å². The van der Waals surface area contributed by atoms with E-state index in [1.54, 1.807) is 0 Å². The van der Waals surface area contributed by atoms with E-state index in [1.807, 2.05) is 0 Å². The van der Waals surface area contributed by atoms with Gasteiger partial charge in [-0.15, -0.1) is 13.2 Å². The molecule has 6 nitrogen and oxygen atoms in total. The van der Waals surface area contributed by atoms with Crippen LogP contribution in [0.5, 0.6) is 5.75 Å². The minimum atomic E-state index is -4.89. The van der Waals surface area contributed by atoms with Crippen molar-refractivity contribution in [3.8, 4) is 5.75 Å². The number of nitrogens with one attached hydrogen (secondary N) is 2. The second-order valence-corrected chi connectivity index (χ2v) is 4.51. The molecule has 0 radical (unpaired) electrons. The predicted octanol–water partition coefficient (Wildman–Crippen LogP) is 3.93. The van der Waals surface area contributed by atoms with E-state index in [-0.39, 0.29) is 16.9 Å². The molecule has 2 aromatic carbocycles. The summed E-state index contributed by atoms with van der Waals surface area (Å²) in [6.07, 6.45) is -4.89. The van der Waals surface area contributed by atoms with Crippen LogP contribution in [0.3, 0.4) is 0 Å². The molecule has 24 heavy (non-hydrogen) atoms. The molecule has 2 aromatic rings. The molecule has 0 saturated carbocycles. The molecule has 0 aliphatic carbocycles. The van der Waals surface area contributed by atoms with E-state index >= 15 is 0 Å². The Bertz CT molecular complexity index is 745. The van der Waals surface area contributed by atoms with Gasteiger partial charge in [-0.1, -0.05) is 12.1 Å². The van der Waals surface area contributed by atoms with Crippen LogP contribution in [-0.2, 0) is 0 Å². The number of carbonyl (C=O) groups excluding carboxylic acids is 1. The molecule has 2 amide bonds. The third-order valence-corrected chi connectivity index (χ3v) is 2.75. The van der Waals surface area contributed by atoms with Crippen molar-refractivity contribution in [3.05, 3.63) is 54.1 Å². The van der Waals surface area contributed by atoms with Crippen LogP contribution >= 0.6 is 0 Å². The first kappa shape index (κ1) is 17.1. The second kappa shape index (κ2) is 6.90. The van der Waals surface area contributed by atoms with Crippen molar-refractivity contribution < 1.29 is 32.6 Å². The molecule has 0 atom stereocenters. The Hall–Kier alpha value is -3.23. The monoisotopic (exact) mass is 340 g/mol. The van der Waals surface area contributed by atoms with Crippen molar-refractivity contribution in [2.45, 2.75) is 6.36 Å². The number of hydrogen-bond donors (Lipinski definition) is 3. The van der Waals surface area contributed by atoms with Gasteiger partial charge in [0, 0.05) is 5.69 Å². The summed E-state index contributed by atoms with van der Waals surface area (Å²) < 4.78 is 40.7. The number of hydrogen-bond acceptors (Lipinski definition) is 3. The molecule has 0 saturated heterocycles. The SMILES string of the molecule is O=C(Nc1ccc(C(=O)O)cc1)Nc1ccccc1OC(F)(F)F. The van der Waals surface area contributed by atoms with Gasteiger partial charge in [0.05, 0.1) is 11.3 Å². The summed E-state index contributed by atoms with van der Waals surface area (Å²) in [7, 11) is 0. The van der Waals surface area contributed by atoms with Crippen molar-refractivity contribution in [1.82, 2.24) is 0 Å². The number of carboxylic acid groups (broad SMARTS) is 1. The fourth-order valence-corrected chi connectivity index (χ4v) is 1.76. The smallest absolute Gasteiger partial charge is 0.478 e. The lowest BCUT2D eigenvalue weighted by atomic mass is 10.2. The normalized spacial score (nSPS) is 10.8. The van der Waals surface area contributed by atoms with E-state index in [2.05, 4.69) is 15.4 Å². The van der Waals surface area contributed by atoms with Crippen LogP contribution in [0.2, 0.25) is 0 Å². The summed E-state index contributed by atoms with van der Waals surface area (Å²) in [5.74, 6) is -1.68. The predicted molar refractivity (Wildman–Crippen MR) is 79.2 cm³/mol. The molecule has 3 N–H and O–H groups in total. The summed E-state index contributed by atoms with van der Waals surface area (Å²) in [6.45, 7) is 0. The molecular formula is C15H11F3N2O4. The molecule has 126 valence electrons. The highest BCUT2D eigenvalue weighted by atomic mass is 19.4. The molecule has 2 rings (SSSR count). The number of aromatic carboxylic acids is 1. The first-order chi connectivity index (χ1) is 11.2. The van der Waals surface area contributed by atoms with Crippen LogP contribution in [0, 0.1) is 0 Å². The number of halogens is 3. The van der Waals surface area contributed by atoms with Crippen molar-refractivity contribution in [3.63, 3.8) is 0 Å². The third kappa shape index (κ3) is 4.90. The molecule has 0 unspecified atom stereocenters. The number of alkyl halides is 3. The number of amides is 2. The fourth-order valence-electron chi connectivity index (χ4n) is 1.76. The Morgan fingerprint density at radius 2 is 1.58 bits per heavy atom. The third-order valence-electron chi connectivity index (χ3n) is 2.75. The molecule has 9 heteroatoms. The van der Waals surface area contributed by atoms with Gasteiger partial charge < -0.3 is 20.5 Å². The summed E-state index contributed by atoms with van der Waals surface area (Å²) in [6, 6.07) is 9.50. The molecule has 0 spiro atoms. The summed E-state index contributed by atoms with van der Waals surface area (Å²) in [5, 5.41) is 13.4. The van der Waals surface area contributed by atoms with Crippen LogP contribution < -0.4 is 15.4 Å². The Morgan fingerprint density at radius 1 is 0.958 bits per heavy atom. The number of benzene rings is 2. The van der Waals surface area contributed by atoms with Crippen molar-refractivity contribution in [2.75, 3.05) is 10.6 Å². The lowest BCUT2D eigenvalue weighted by Crippen LogP contribution is -2.22. The van der Waals surface area contributed by atoms with E-state index in [9.17, 15) is 22.8 Å². The van der Waals surface area contributed by atoms with E-state index in [4.69, 9.17) is 5.11 Å². The average molecular weight is 340 g/mol. The first-order valence-electron chi connectivity index (χ1n) is 6.51. The Morgan fingerprint density at radius 3 is 2.17 bits per heavy atom. The van der Waals surface area contributed by atoms with Crippen LogP contribution in [0.25, 0.3) is 0 Å². The lowest BCUT2D eigenvalue weighted by Gasteiger charge is -2.14. The lowest BCUT2D eigenvalue weighted by molar-refractivity contribution is -0.274. The maximum Gasteiger partial charge on any atom is 0.573 e. The maximum absolute atomic E-state index is 12.3. The van der Waals surface area contributed by atoms with Crippen molar-refractivity contribution >= 4 is 23.4 Å². The zero-order valence-corrected chi connectivity index (χ0v) is 11.9. The molecule has 0 heterocycles. The van der Waals surface area contributed by atoms with E-state index in [0.717, 1.165) is 6.07 Å². The largest absolute Gasteiger partial charge is 0.573 e. The van der Waals surface area contributed by atoms with Crippen molar-refractivity contribution in [2.24, 2.45) is 0 Å². The highest BCUT2D eigenvalue weighted by Crippen LogP contribution is 2.29. The Labute approximate surface area is 133 Å². The number of urea groups is 1. The van der Waals surface area contributed by atoms with Crippen LogP contribution in [0.4, 0.5) is 29.3 Å². The summed E-state index contributed by atoms with van der Waals surface area (Å²) in [4.78, 5) is 22.6. The highest BCUT2D eigenvalue weighted by Gasteiger charge is 2.32. The average Bonchev–Trinajstić information content (AvgIpc) is 2.48.